The van der Waals surface area contributed by atoms with Crippen molar-refractivity contribution in [1.29, 1.82) is 0 Å². The molecule has 0 aliphatic carbocycles. The Morgan fingerprint density at radius 3 is 1.23 bits per heavy atom. The lowest BCUT2D eigenvalue weighted by atomic mass is 10.0. The fourth-order valence-corrected chi connectivity index (χ4v) is 2.71. The van der Waals surface area contributed by atoms with Crippen LogP contribution in [-0.2, 0) is 22.4 Å². The van der Waals surface area contributed by atoms with Crippen LogP contribution >= 0.6 is 0 Å². The number of carbonyl (C=O) groups is 2. The lowest BCUT2D eigenvalue weighted by Crippen LogP contribution is -2.38. The van der Waals surface area contributed by atoms with Gasteiger partial charge in [-0.15, -0.1) is 0 Å². The van der Waals surface area contributed by atoms with Crippen LogP contribution in [0.5, 0.6) is 0 Å². The van der Waals surface area contributed by atoms with E-state index in [1.807, 2.05) is 60.7 Å². The number of carboxylic acid groups (broad SMARTS) is 2. The van der Waals surface area contributed by atoms with E-state index in [2.05, 4.69) is 0 Å². The molecule has 0 bridgehead atoms. The molecule has 0 aromatic heterocycles. The quantitative estimate of drug-likeness (QED) is 0.329. The molecule has 4 atom stereocenters. The van der Waals surface area contributed by atoms with Crippen molar-refractivity contribution in [3.05, 3.63) is 71.8 Å². The number of aliphatic hydroxyl groups is 2. The van der Waals surface area contributed by atoms with Crippen LogP contribution in [0, 0.1) is 0 Å². The summed E-state index contributed by atoms with van der Waals surface area (Å²) >= 11 is 0. The third-order valence-electron chi connectivity index (χ3n) is 4.38. The molecule has 0 radical (unpaired) electrons. The number of nitrogens with two attached hydrogens (primary N) is 2. The minimum Gasteiger partial charge on any atom is -0.481 e. The van der Waals surface area contributed by atoms with Crippen LogP contribution in [0.3, 0.4) is 0 Å². The summed E-state index contributed by atoms with van der Waals surface area (Å²) in [5, 5.41) is 35.9. The van der Waals surface area contributed by atoms with E-state index in [1.54, 1.807) is 0 Å². The Morgan fingerprint density at radius 1 is 0.667 bits per heavy atom. The van der Waals surface area contributed by atoms with Crippen LogP contribution in [0.1, 0.15) is 24.0 Å². The average molecular weight is 418 g/mol. The minimum atomic E-state index is -1.04. The molecule has 4 unspecified atom stereocenters. The van der Waals surface area contributed by atoms with Gasteiger partial charge in [-0.25, -0.2) is 0 Å². The molecule has 0 saturated carbocycles. The highest BCUT2D eigenvalue weighted by Crippen LogP contribution is 2.07. The van der Waals surface area contributed by atoms with Gasteiger partial charge in [0.2, 0.25) is 0 Å². The summed E-state index contributed by atoms with van der Waals surface area (Å²) < 4.78 is 0. The van der Waals surface area contributed by atoms with Gasteiger partial charge in [0, 0.05) is 12.1 Å². The molecule has 0 saturated heterocycles. The highest BCUT2D eigenvalue weighted by molar-refractivity contribution is 5.67. The van der Waals surface area contributed by atoms with Gasteiger partial charge in [0.1, 0.15) is 0 Å². The molecule has 0 amide bonds. The maximum Gasteiger partial charge on any atom is 0.306 e. The van der Waals surface area contributed by atoms with Crippen LogP contribution < -0.4 is 11.5 Å². The third-order valence-corrected chi connectivity index (χ3v) is 4.38. The summed E-state index contributed by atoms with van der Waals surface area (Å²) in [5.74, 6) is -2.07. The summed E-state index contributed by atoms with van der Waals surface area (Å²) in [6.45, 7) is 0. The number of aliphatic hydroxyl groups excluding tert-OH is 2. The molecular weight excluding hydrogens is 388 g/mol. The van der Waals surface area contributed by atoms with Crippen molar-refractivity contribution in [2.45, 2.75) is 50.0 Å². The SMILES string of the molecule is NC(Cc1ccccc1)C(O)CC(=O)O.NC(Cc1ccccc1)C(O)CC(=O)O. The number of carboxylic acids is 2. The van der Waals surface area contributed by atoms with Gasteiger partial charge in [-0.1, -0.05) is 60.7 Å². The van der Waals surface area contributed by atoms with E-state index in [0.717, 1.165) is 11.1 Å². The summed E-state index contributed by atoms with van der Waals surface area (Å²) in [5.41, 5.74) is 13.4. The molecule has 164 valence electrons. The Kier molecular flexibility index (Phi) is 11.3. The second-order valence-corrected chi connectivity index (χ2v) is 7.04. The van der Waals surface area contributed by atoms with Crippen LogP contribution in [0.2, 0.25) is 0 Å². The molecule has 0 fully saturated rings. The fourth-order valence-electron chi connectivity index (χ4n) is 2.71. The van der Waals surface area contributed by atoms with Crippen molar-refractivity contribution in [3.63, 3.8) is 0 Å². The van der Waals surface area contributed by atoms with Crippen LogP contribution in [0.25, 0.3) is 0 Å². The van der Waals surface area contributed by atoms with E-state index in [1.165, 1.54) is 0 Å². The lowest BCUT2D eigenvalue weighted by molar-refractivity contribution is -0.140. The molecule has 2 aromatic rings. The number of rotatable bonds is 10. The number of hydrogen-bond donors (Lipinski definition) is 6. The number of benzene rings is 2. The van der Waals surface area contributed by atoms with Gasteiger partial charge >= 0.3 is 11.9 Å². The molecule has 8 heteroatoms. The van der Waals surface area contributed by atoms with E-state index in [-0.39, 0.29) is 12.8 Å². The smallest absolute Gasteiger partial charge is 0.306 e. The molecule has 0 heterocycles. The fraction of sp³-hybridized carbons (Fsp3) is 0.364. The molecule has 2 aromatic carbocycles. The van der Waals surface area contributed by atoms with Crippen LogP contribution in [-0.4, -0.2) is 56.7 Å². The summed E-state index contributed by atoms with van der Waals surface area (Å²) in [7, 11) is 0. The molecule has 30 heavy (non-hydrogen) atoms. The highest BCUT2D eigenvalue weighted by Gasteiger charge is 2.19. The second-order valence-electron chi connectivity index (χ2n) is 7.04. The zero-order valence-electron chi connectivity index (χ0n) is 16.7. The molecule has 8 N–H and O–H groups in total. The van der Waals surface area contributed by atoms with Gasteiger partial charge in [-0.2, -0.15) is 0 Å². The van der Waals surface area contributed by atoms with E-state index in [0.29, 0.717) is 12.8 Å². The van der Waals surface area contributed by atoms with Crippen molar-refractivity contribution >= 4 is 11.9 Å². The van der Waals surface area contributed by atoms with Gasteiger partial charge < -0.3 is 31.9 Å². The number of hydrogen-bond acceptors (Lipinski definition) is 6. The van der Waals surface area contributed by atoms with Gasteiger partial charge in [0.05, 0.1) is 25.0 Å². The van der Waals surface area contributed by atoms with Crippen molar-refractivity contribution in [2.75, 3.05) is 0 Å². The summed E-state index contributed by atoms with van der Waals surface area (Å²) in [6, 6.07) is 17.8. The first kappa shape index (κ1) is 25.3. The first-order valence-corrected chi connectivity index (χ1v) is 9.57. The summed E-state index contributed by atoms with van der Waals surface area (Å²) in [6.07, 6.45) is -1.66. The van der Waals surface area contributed by atoms with Crippen molar-refractivity contribution in [2.24, 2.45) is 11.5 Å². The predicted octanol–water partition coefficient (Wildman–Crippen LogP) is 0.784. The third kappa shape index (κ3) is 10.7. The average Bonchev–Trinajstić information content (AvgIpc) is 2.69. The maximum absolute atomic E-state index is 10.4. The largest absolute Gasteiger partial charge is 0.481 e. The molecule has 0 aliphatic heterocycles. The molecule has 8 nitrogen and oxygen atoms in total. The minimum absolute atomic E-state index is 0.312. The molecule has 2 rings (SSSR count). The van der Waals surface area contributed by atoms with Crippen molar-refractivity contribution < 1.29 is 30.0 Å². The Hall–Kier alpha value is -2.78. The van der Waals surface area contributed by atoms with E-state index >= 15 is 0 Å². The Labute approximate surface area is 175 Å². The Bertz CT molecular complexity index is 691. The molecular formula is C22H30N2O6. The second kappa shape index (κ2) is 13.4. The monoisotopic (exact) mass is 418 g/mol. The van der Waals surface area contributed by atoms with E-state index < -0.39 is 36.2 Å². The Morgan fingerprint density at radius 2 is 0.967 bits per heavy atom. The first-order chi connectivity index (χ1) is 14.2. The van der Waals surface area contributed by atoms with Crippen molar-refractivity contribution in [3.8, 4) is 0 Å². The summed E-state index contributed by atoms with van der Waals surface area (Å²) in [4.78, 5) is 20.7. The zero-order valence-corrected chi connectivity index (χ0v) is 16.7. The van der Waals surface area contributed by atoms with Gasteiger partial charge in [0.15, 0.2) is 0 Å². The number of aliphatic carboxylic acids is 2. The standard InChI is InChI=1S/2C11H15NO3/c2*12-9(10(13)7-11(14)15)6-8-4-2-1-3-5-8/h2*1-5,9-10,13H,6-7,12H2,(H,14,15). The highest BCUT2D eigenvalue weighted by atomic mass is 16.4. The van der Waals surface area contributed by atoms with Gasteiger partial charge in [-0.05, 0) is 24.0 Å². The first-order valence-electron chi connectivity index (χ1n) is 9.57. The van der Waals surface area contributed by atoms with Gasteiger partial charge in [0.25, 0.3) is 0 Å². The normalized spacial score (nSPS) is 14.5. The van der Waals surface area contributed by atoms with E-state index in [9.17, 15) is 19.8 Å². The zero-order chi connectivity index (χ0) is 22.5. The lowest BCUT2D eigenvalue weighted by Gasteiger charge is -2.16. The van der Waals surface area contributed by atoms with Gasteiger partial charge in [-0.3, -0.25) is 9.59 Å². The van der Waals surface area contributed by atoms with Crippen LogP contribution in [0.4, 0.5) is 0 Å². The maximum atomic E-state index is 10.4. The Balaban J connectivity index is 0.000000300. The van der Waals surface area contributed by atoms with Crippen LogP contribution in [0.15, 0.2) is 60.7 Å². The predicted molar refractivity (Wildman–Crippen MR) is 113 cm³/mol. The van der Waals surface area contributed by atoms with E-state index in [4.69, 9.17) is 21.7 Å². The topological polar surface area (TPSA) is 167 Å². The molecule has 0 spiro atoms. The molecule has 0 aliphatic rings. The van der Waals surface area contributed by atoms with Crippen molar-refractivity contribution in [1.82, 2.24) is 0 Å².